The van der Waals surface area contributed by atoms with Crippen molar-refractivity contribution in [2.75, 3.05) is 11.9 Å². The summed E-state index contributed by atoms with van der Waals surface area (Å²) in [6, 6.07) is 17.5. The van der Waals surface area contributed by atoms with Gasteiger partial charge in [-0.2, -0.15) is 5.10 Å². The SMILES string of the molecule is Cn1nc(NC(=O)[C@@H]2CC[C@H](NC(=O)OCC3c4ccccc4-c4ccccc43)C2)cc1C(=O)O. The van der Waals surface area contributed by atoms with Gasteiger partial charge in [0.2, 0.25) is 5.91 Å². The van der Waals surface area contributed by atoms with E-state index < -0.39 is 12.1 Å². The number of rotatable bonds is 6. The molecular formula is C26H26N4O5. The van der Waals surface area contributed by atoms with Gasteiger partial charge in [0.15, 0.2) is 5.82 Å². The molecule has 0 aliphatic heterocycles. The van der Waals surface area contributed by atoms with E-state index in [2.05, 4.69) is 40.0 Å². The summed E-state index contributed by atoms with van der Waals surface area (Å²) in [5.41, 5.74) is 4.64. The molecule has 0 bridgehead atoms. The summed E-state index contributed by atoms with van der Waals surface area (Å²) in [7, 11) is 1.50. The number of aromatic nitrogens is 2. The van der Waals surface area contributed by atoms with Crippen LogP contribution >= 0.6 is 0 Å². The van der Waals surface area contributed by atoms with Crippen LogP contribution in [0.25, 0.3) is 11.1 Å². The van der Waals surface area contributed by atoms with Crippen molar-refractivity contribution in [1.82, 2.24) is 15.1 Å². The Labute approximate surface area is 202 Å². The number of carboxylic acid groups (broad SMARTS) is 1. The van der Waals surface area contributed by atoms with Crippen molar-refractivity contribution in [2.24, 2.45) is 13.0 Å². The number of fused-ring (bicyclic) bond motifs is 3. The topological polar surface area (TPSA) is 123 Å². The van der Waals surface area contributed by atoms with Gasteiger partial charge in [-0.1, -0.05) is 48.5 Å². The van der Waals surface area contributed by atoms with Gasteiger partial charge in [-0.05, 0) is 41.5 Å². The molecule has 2 atom stereocenters. The molecule has 3 aromatic rings. The van der Waals surface area contributed by atoms with Gasteiger partial charge in [0, 0.05) is 31.0 Å². The van der Waals surface area contributed by atoms with Crippen LogP contribution in [0.15, 0.2) is 54.6 Å². The molecule has 2 aliphatic carbocycles. The third-order valence-corrected chi connectivity index (χ3v) is 6.82. The number of hydrogen-bond acceptors (Lipinski definition) is 5. The van der Waals surface area contributed by atoms with Crippen LogP contribution in [-0.2, 0) is 16.6 Å². The van der Waals surface area contributed by atoms with E-state index in [-0.39, 0.29) is 41.9 Å². The average molecular weight is 475 g/mol. The number of aromatic carboxylic acids is 1. The first-order chi connectivity index (χ1) is 16.9. The number of hydrogen-bond donors (Lipinski definition) is 3. The minimum atomic E-state index is -1.12. The summed E-state index contributed by atoms with van der Waals surface area (Å²) in [4.78, 5) is 36.3. The number of nitrogens with one attached hydrogen (secondary N) is 2. The maximum absolute atomic E-state index is 12.6. The predicted octanol–water partition coefficient (Wildman–Crippen LogP) is 3.76. The van der Waals surface area contributed by atoms with Crippen LogP contribution in [0.1, 0.15) is 46.8 Å². The van der Waals surface area contributed by atoms with Crippen molar-refractivity contribution in [1.29, 1.82) is 0 Å². The Morgan fingerprint density at radius 3 is 2.34 bits per heavy atom. The fourth-order valence-corrected chi connectivity index (χ4v) is 5.11. The van der Waals surface area contributed by atoms with Gasteiger partial charge in [0.25, 0.3) is 0 Å². The minimum absolute atomic E-state index is 0.00989. The summed E-state index contributed by atoms with van der Waals surface area (Å²) in [6.45, 7) is 0.238. The van der Waals surface area contributed by atoms with Gasteiger partial charge in [-0.25, -0.2) is 9.59 Å². The molecule has 35 heavy (non-hydrogen) atoms. The Bertz CT molecular complexity index is 1250. The number of alkyl carbamates (subject to hydrolysis) is 1. The van der Waals surface area contributed by atoms with Crippen LogP contribution in [-0.4, -0.2) is 45.5 Å². The van der Waals surface area contributed by atoms with Gasteiger partial charge in [-0.3, -0.25) is 9.48 Å². The lowest BCUT2D eigenvalue weighted by Crippen LogP contribution is -2.35. The quantitative estimate of drug-likeness (QED) is 0.500. The number of anilines is 1. The molecule has 0 unspecified atom stereocenters. The molecule has 0 spiro atoms. The molecule has 3 N–H and O–H groups in total. The van der Waals surface area contributed by atoms with E-state index in [1.807, 2.05) is 24.3 Å². The van der Waals surface area contributed by atoms with Gasteiger partial charge < -0.3 is 20.5 Å². The lowest BCUT2D eigenvalue weighted by Gasteiger charge is -2.17. The van der Waals surface area contributed by atoms with Gasteiger partial charge in [-0.15, -0.1) is 0 Å². The summed E-state index contributed by atoms with van der Waals surface area (Å²) >= 11 is 0. The molecule has 2 aliphatic rings. The molecule has 0 radical (unpaired) electrons. The minimum Gasteiger partial charge on any atom is -0.477 e. The van der Waals surface area contributed by atoms with Crippen molar-refractivity contribution >= 4 is 23.8 Å². The van der Waals surface area contributed by atoms with E-state index in [1.165, 1.54) is 28.9 Å². The Balaban J connectivity index is 1.14. The van der Waals surface area contributed by atoms with E-state index in [0.717, 1.165) is 11.1 Å². The maximum atomic E-state index is 12.6. The average Bonchev–Trinajstić information content (AvgIpc) is 3.54. The monoisotopic (exact) mass is 474 g/mol. The second-order valence-electron chi connectivity index (χ2n) is 9.01. The van der Waals surface area contributed by atoms with E-state index in [9.17, 15) is 14.4 Å². The van der Waals surface area contributed by atoms with Crippen LogP contribution in [0.3, 0.4) is 0 Å². The number of nitrogens with zero attached hydrogens (tertiary/aromatic N) is 2. The number of carbonyl (C=O) groups is 3. The molecule has 1 fully saturated rings. The first kappa shape index (κ1) is 22.6. The van der Waals surface area contributed by atoms with Crippen molar-refractivity contribution < 1.29 is 24.2 Å². The Morgan fingerprint density at radius 1 is 1.06 bits per heavy atom. The molecule has 180 valence electrons. The molecule has 9 heteroatoms. The number of carbonyl (C=O) groups excluding carboxylic acids is 2. The zero-order valence-corrected chi connectivity index (χ0v) is 19.2. The number of benzene rings is 2. The largest absolute Gasteiger partial charge is 0.477 e. The third kappa shape index (κ3) is 4.49. The fraction of sp³-hybridized carbons (Fsp3) is 0.308. The molecular weight excluding hydrogens is 448 g/mol. The zero-order valence-electron chi connectivity index (χ0n) is 19.2. The van der Waals surface area contributed by atoms with Crippen molar-refractivity contribution in [2.45, 2.75) is 31.2 Å². The zero-order chi connectivity index (χ0) is 24.5. The van der Waals surface area contributed by atoms with Gasteiger partial charge in [0.1, 0.15) is 12.3 Å². The summed E-state index contributed by atoms with van der Waals surface area (Å²) in [5, 5.41) is 18.7. The van der Waals surface area contributed by atoms with Crippen LogP contribution in [0.2, 0.25) is 0 Å². The van der Waals surface area contributed by atoms with E-state index in [4.69, 9.17) is 9.84 Å². The Kier molecular flexibility index (Phi) is 5.98. The first-order valence-electron chi connectivity index (χ1n) is 11.6. The second-order valence-corrected chi connectivity index (χ2v) is 9.01. The van der Waals surface area contributed by atoms with E-state index >= 15 is 0 Å². The van der Waals surface area contributed by atoms with Gasteiger partial charge in [0.05, 0.1) is 0 Å². The number of aryl methyl sites for hydroxylation is 1. The lowest BCUT2D eigenvalue weighted by atomic mass is 9.98. The molecule has 5 rings (SSSR count). The number of ether oxygens (including phenoxy) is 1. The molecule has 9 nitrogen and oxygen atoms in total. The number of amides is 2. The van der Waals surface area contributed by atoms with Crippen LogP contribution in [0.4, 0.5) is 10.6 Å². The maximum Gasteiger partial charge on any atom is 0.407 e. The van der Waals surface area contributed by atoms with Crippen LogP contribution in [0, 0.1) is 5.92 Å². The fourth-order valence-electron chi connectivity index (χ4n) is 5.11. The Morgan fingerprint density at radius 2 is 1.71 bits per heavy atom. The van der Waals surface area contributed by atoms with Crippen molar-refractivity contribution in [3.8, 4) is 11.1 Å². The second kappa shape index (κ2) is 9.25. The van der Waals surface area contributed by atoms with Gasteiger partial charge >= 0.3 is 12.1 Å². The van der Waals surface area contributed by atoms with Crippen molar-refractivity contribution in [3.63, 3.8) is 0 Å². The van der Waals surface area contributed by atoms with Crippen LogP contribution in [0.5, 0.6) is 0 Å². The highest BCUT2D eigenvalue weighted by Gasteiger charge is 2.33. The standard InChI is InChI=1S/C26H26N4O5/c1-30-22(25(32)33)13-23(29-30)28-24(31)15-10-11-16(12-15)27-26(34)35-14-21-19-8-4-2-6-17(19)18-7-3-5-9-20(18)21/h2-9,13,15-16,21H,10-12,14H2,1H3,(H,27,34)(H,32,33)(H,28,29,31)/t15-,16+/m1/s1. The molecule has 1 saturated carbocycles. The molecule has 2 amide bonds. The third-order valence-electron chi connectivity index (χ3n) is 6.82. The van der Waals surface area contributed by atoms with Crippen molar-refractivity contribution in [3.05, 3.63) is 71.4 Å². The molecule has 0 saturated heterocycles. The molecule has 1 aromatic heterocycles. The smallest absolute Gasteiger partial charge is 0.407 e. The molecule has 1 heterocycles. The summed E-state index contributed by atoms with van der Waals surface area (Å²) in [5.74, 6) is -1.47. The first-order valence-corrected chi connectivity index (χ1v) is 11.6. The lowest BCUT2D eigenvalue weighted by molar-refractivity contribution is -0.119. The number of carboxylic acids is 1. The predicted molar refractivity (Wildman–Crippen MR) is 128 cm³/mol. The summed E-state index contributed by atoms with van der Waals surface area (Å²) < 4.78 is 6.81. The highest BCUT2D eigenvalue weighted by molar-refractivity contribution is 5.94. The van der Waals surface area contributed by atoms with E-state index in [1.54, 1.807) is 0 Å². The highest BCUT2D eigenvalue weighted by atomic mass is 16.5. The highest BCUT2D eigenvalue weighted by Crippen LogP contribution is 2.44. The van der Waals surface area contributed by atoms with E-state index in [0.29, 0.717) is 19.3 Å². The normalized spacial score (nSPS) is 18.5. The molecule has 2 aromatic carbocycles. The Hall–Kier alpha value is -4.14. The summed E-state index contributed by atoms with van der Waals surface area (Å²) in [6.07, 6.45) is 1.26. The van der Waals surface area contributed by atoms with Crippen LogP contribution < -0.4 is 10.6 Å².